The first-order chi connectivity index (χ1) is 17.0. The molecule has 0 atom stereocenters. The summed E-state index contributed by atoms with van der Waals surface area (Å²) in [5.74, 6) is -0.147. The number of hydrogen-bond acceptors (Lipinski definition) is 5. The lowest BCUT2D eigenvalue weighted by Gasteiger charge is -2.30. The van der Waals surface area contributed by atoms with Crippen molar-refractivity contribution in [1.82, 2.24) is 19.0 Å². The van der Waals surface area contributed by atoms with Crippen LogP contribution >= 0.6 is 11.3 Å². The highest BCUT2D eigenvalue weighted by Crippen LogP contribution is 2.33. The van der Waals surface area contributed by atoms with E-state index in [1.807, 2.05) is 35.7 Å². The Balaban J connectivity index is 1.32. The topological polar surface area (TPSA) is 77.2 Å². The van der Waals surface area contributed by atoms with Gasteiger partial charge in [0.15, 0.2) is 0 Å². The fourth-order valence-corrected chi connectivity index (χ4v) is 5.85. The van der Waals surface area contributed by atoms with Crippen molar-refractivity contribution in [2.45, 2.75) is 19.5 Å². The van der Waals surface area contributed by atoms with Crippen LogP contribution in [0.25, 0.3) is 32.1 Å². The van der Waals surface area contributed by atoms with Gasteiger partial charge in [-0.05, 0) is 29.8 Å². The highest BCUT2D eigenvalue weighted by Gasteiger charge is 2.25. The van der Waals surface area contributed by atoms with Gasteiger partial charge in [-0.1, -0.05) is 30.3 Å². The third-order valence-corrected chi connectivity index (χ3v) is 7.73. The van der Waals surface area contributed by atoms with E-state index in [1.54, 1.807) is 46.1 Å². The number of para-hydroxylation sites is 1. The molecule has 174 valence electrons. The molecule has 0 radical (unpaired) electrons. The number of pyridine rings is 1. The number of thiophene rings is 1. The molecule has 0 saturated heterocycles. The molecule has 8 heteroatoms. The van der Waals surface area contributed by atoms with Gasteiger partial charge in [-0.2, -0.15) is 0 Å². The van der Waals surface area contributed by atoms with Gasteiger partial charge in [0.1, 0.15) is 6.54 Å². The van der Waals surface area contributed by atoms with Gasteiger partial charge < -0.3 is 9.47 Å². The van der Waals surface area contributed by atoms with Gasteiger partial charge in [-0.15, -0.1) is 11.3 Å². The molecule has 1 aliphatic rings. The highest BCUT2D eigenvalue weighted by atomic mass is 32.1. The Morgan fingerprint density at radius 1 is 1.00 bits per heavy atom. The molecule has 0 bridgehead atoms. The highest BCUT2D eigenvalue weighted by molar-refractivity contribution is 7.17. The summed E-state index contributed by atoms with van der Waals surface area (Å²) >= 11 is 1.62. The number of carbonyl (C=O) groups excluding carboxylic acids is 1. The molecule has 0 N–H and O–H groups in total. The maximum Gasteiger partial charge on any atom is 0.261 e. The number of fused-ring (bicyclic) bond motifs is 3. The van der Waals surface area contributed by atoms with Crippen molar-refractivity contribution in [3.8, 4) is 11.1 Å². The lowest BCUT2D eigenvalue weighted by molar-refractivity contribution is -0.132. The summed E-state index contributed by atoms with van der Waals surface area (Å²) in [6, 6.07) is 17.1. The van der Waals surface area contributed by atoms with Gasteiger partial charge >= 0.3 is 0 Å². The first kappa shape index (κ1) is 21.5. The van der Waals surface area contributed by atoms with Crippen molar-refractivity contribution in [3.63, 3.8) is 0 Å². The number of nitrogens with zero attached hydrogens (tertiary/aromatic N) is 4. The van der Waals surface area contributed by atoms with Crippen LogP contribution in [0.3, 0.4) is 0 Å². The Morgan fingerprint density at radius 3 is 2.63 bits per heavy atom. The summed E-state index contributed by atoms with van der Waals surface area (Å²) in [6.07, 6.45) is 2.02. The van der Waals surface area contributed by atoms with Crippen molar-refractivity contribution >= 4 is 38.2 Å². The molecule has 0 saturated carbocycles. The molecule has 1 aliphatic heterocycles. The lowest BCUT2D eigenvalue weighted by atomic mass is 9.99. The predicted octanol–water partition coefficient (Wildman–Crippen LogP) is 3.56. The smallest absolute Gasteiger partial charge is 0.261 e. The number of rotatable bonds is 3. The van der Waals surface area contributed by atoms with Crippen molar-refractivity contribution in [2.24, 2.45) is 7.05 Å². The molecule has 0 unspecified atom stereocenters. The van der Waals surface area contributed by atoms with E-state index in [0.717, 1.165) is 26.9 Å². The van der Waals surface area contributed by atoms with Crippen LogP contribution in [0.15, 0.2) is 75.9 Å². The maximum absolute atomic E-state index is 13.2. The van der Waals surface area contributed by atoms with Gasteiger partial charge in [0, 0.05) is 58.8 Å². The molecular weight excluding hydrogens is 460 g/mol. The van der Waals surface area contributed by atoms with E-state index in [4.69, 9.17) is 0 Å². The molecule has 0 aliphatic carbocycles. The van der Waals surface area contributed by atoms with Crippen LogP contribution in [0, 0.1) is 0 Å². The molecule has 7 nitrogen and oxygen atoms in total. The molecule has 0 fully saturated rings. The third kappa shape index (κ3) is 3.57. The number of aromatic nitrogens is 3. The van der Waals surface area contributed by atoms with E-state index >= 15 is 0 Å². The van der Waals surface area contributed by atoms with Crippen LogP contribution in [0.2, 0.25) is 0 Å². The first-order valence-electron chi connectivity index (χ1n) is 11.4. The van der Waals surface area contributed by atoms with Gasteiger partial charge in [0.25, 0.3) is 11.1 Å². The van der Waals surface area contributed by atoms with Crippen molar-refractivity contribution in [1.29, 1.82) is 0 Å². The minimum absolute atomic E-state index is 0.0270. The average Bonchev–Trinajstić information content (AvgIpc) is 3.31. The van der Waals surface area contributed by atoms with Crippen molar-refractivity contribution in [3.05, 3.63) is 98.3 Å². The SMILES string of the molecule is Cn1c2c(cc(-c3csc4ccccc34)c1=O)CN(C(=O)Cn1cnc3ccccc3c1=O)CC2. The van der Waals surface area contributed by atoms with Crippen LogP contribution in [-0.4, -0.2) is 31.5 Å². The van der Waals surface area contributed by atoms with E-state index in [9.17, 15) is 14.4 Å². The molecule has 4 heterocycles. The molecule has 5 aromatic rings. The van der Waals surface area contributed by atoms with Crippen LogP contribution < -0.4 is 11.1 Å². The Labute approximate surface area is 204 Å². The molecule has 3 aromatic heterocycles. The second-order valence-electron chi connectivity index (χ2n) is 8.80. The fraction of sp³-hybridized carbons (Fsp3) is 0.185. The average molecular weight is 483 g/mol. The number of benzene rings is 2. The Morgan fingerprint density at radius 2 is 1.77 bits per heavy atom. The molecule has 2 aromatic carbocycles. The monoisotopic (exact) mass is 482 g/mol. The van der Waals surface area contributed by atoms with Crippen molar-refractivity contribution < 1.29 is 4.79 Å². The fourth-order valence-electron chi connectivity index (χ4n) is 4.89. The predicted molar refractivity (Wildman–Crippen MR) is 138 cm³/mol. The van der Waals surface area contributed by atoms with E-state index in [-0.39, 0.29) is 23.6 Å². The van der Waals surface area contributed by atoms with Gasteiger partial charge in [-0.25, -0.2) is 4.98 Å². The zero-order valence-electron chi connectivity index (χ0n) is 19.1. The van der Waals surface area contributed by atoms with E-state index in [1.165, 1.54) is 10.9 Å². The number of hydrogen-bond donors (Lipinski definition) is 0. The Kier molecular flexibility index (Phi) is 5.11. The summed E-state index contributed by atoms with van der Waals surface area (Å²) in [6.45, 7) is 0.822. The quantitative estimate of drug-likeness (QED) is 0.394. The second-order valence-corrected chi connectivity index (χ2v) is 9.71. The van der Waals surface area contributed by atoms with E-state index in [0.29, 0.717) is 36.0 Å². The third-order valence-electron chi connectivity index (χ3n) is 6.77. The maximum atomic E-state index is 13.2. The van der Waals surface area contributed by atoms with Gasteiger partial charge in [-0.3, -0.25) is 19.0 Å². The minimum atomic E-state index is -0.227. The second kappa shape index (κ2) is 8.32. The van der Waals surface area contributed by atoms with E-state index < -0.39 is 0 Å². The first-order valence-corrected chi connectivity index (χ1v) is 12.3. The summed E-state index contributed by atoms with van der Waals surface area (Å²) in [5.41, 5.74) is 3.84. The van der Waals surface area contributed by atoms with Crippen LogP contribution in [0.4, 0.5) is 0 Å². The molecule has 0 spiro atoms. The minimum Gasteiger partial charge on any atom is -0.336 e. The van der Waals surface area contributed by atoms with Gasteiger partial charge in [0.2, 0.25) is 5.91 Å². The normalized spacial score (nSPS) is 13.3. The van der Waals surface area contributed by atoms with E-state index in [2.05, 4.69) is 11.1 Å². The summed E-state index contributed by atoms with van der Waals surface area (Å²) in [4.78, 5) is 45.3. The molecule has 35 heavy (non-hydrogen) atoms. The summed E-state index contributed by atoms with van der Waals surface area (Å²) in [5, 5.41) is 3.58. The van der Waals surface area contributed by atoms with Crippen LogP contribution in [-0.2, 0) is 31.4 Å². The Hall–Kier alpha value is -4.04. The standard InChI is InChI=1S/C27H22N4O3S/c1-29-23-10-11-30(25(32)14-31-16-28-22-8-4-2-7-19(22)27(31)34)13-17(23)12-20(26(29)33)21-15-35-24-9-5-3-6-18(21)24/h2-9,12,15-16H,10-11,13-14H2,1H3. The molecule has 1 amide bonds. The number of amides is 1. The van der Waals surface area contributed by atoms with Gasteiger partial charge in [0.05, 0.1) is 17.2 Å². The summed E-state index contributed by atoms with van der Waals surface area (Å²) in [7, 11) is 1.80. The van der Waals surface area contributed by atoms with Crippen LogP contribution in [0.5, 0.6) is 0 Å². The lowest BCUT2D eigenvalue weighted by Crippen LogP contribution is -2.41. The number of carbonyl (C=O) groups is 1. The molecular formula is C27H22N4O3S. The molecule has 6 rings (SSSR count). The zero-order valence-corrected chi connectivity index (χ0v) is 19.9. The van der Waals surface area contributed by atoms with Crippen molar-refractivity contribution in [2.75, 3.05) is 6.54 Å². The largest absolute Gasteiger partial charge is 0.336 e. The Bertz CT molecular complexity index is 1750. The zero-order chi connectivity index (χ0) is 24.1. The van der Waals surface area contributed by atoms with Crippen LogP contribution in [0.1, 0.15) is 11.3 Å². The summed E-state index contributed by atoms with van der Waals surface area (Å²) < 4.78 is 4.22.